The van der Waals surface area contributed by atoms with Gasteiger partial charge >= 0.3 is 0 Å². The first kappa shape index (κ1) is 12.9. The van der Waals surface area contributed by atoms with E-state index in [1.54, 1.807) is 6.33 Å². The molecule has 0 spiro atoms. The molecule has 0 bridgehead atoms. The fourth-order valence-corrected chi connectivity index (χ4v) is 3.48. The van der Waals surface area contributed by atoms with Crippen LogP contribution in [0.5, 0.6) is 0 Å². The van der Waals surface area contributed by atoms with E-state index in [0.29, 0.717) is 12.0 Å². The summed E-state index contributed by atoms with van der Waals surface area (Å²) in [7, 11) is 0. The predicted molar refractivity (Wildman–Crippen MR) is 76.4 cm³/mol. The van der Waals surface area contributed by atoms with Gasteiger partial charge in [-0.1, -0.05) is 38.2 Å². The molecule has 0 amide bonds. The van der Waals surface area contributed by atoms with Gasteiger partial charge in [0.15, 0.2) is 0 Å². The van der Waals surface area contributed by atoms with Crippen LogP contribution in [0, 0.1) is 11.8 Å². The molecule has 0 aliphatic heterocycles. The summed E-state index contributed by atoms with van der Waals surface area (Å²) >= 11 is 0. The van der Waals surface area contributed by atoms with Gasteiger partial charge in [0.05, 0.1) is 6.33 Å². The van der Waals surface area contributed by atoms with Crippen molar-refractivity contribution in [3.8, 4) is 0 Å². The molecule has 3 atom stereocenters. The van der Waals surface area contributed by atoms with Crippen LogP contribution < -0.4 is 5.73 Å². The van der Waals surface area contributed by atoms with Crippen molar-refractivity contribution in [3.63, 3.8) is 0 Å². The number of nitrogens with one attached hydrogen (secondary N) is 1. The average molecular weight is 260 g/mol. The lowest BCUT2D eigenvalue weighted by Crippen LogP contribution is -2.60. The standard InChI is InChI=1S/C16H25N3/c17-14(8-12-4-2-1-3-5-12)7-6-13-9-15(13)16-10-18-11-19-16/h6-7,10-15H,1-5,8-9,17H2,(H,18,19)/p+1/b7-6+. The van der Waals surface area contributed by atoms with E-state index in [1.165, 1.54) is 50.6 Å². The second-order valence-corrected chi connectivity index (χ2v) is 6.40. The maximum Gasteiger partial charge on any atom is 0.103 e. The number of H-pyrrole nitrogens is 1. The lowest BCUT2D eigenvalue weighted by molar-refractivity contribution is -0.406. The van der Waals surface area contributed by atoms with Gasteiger partial charge in [-0.15, -0.1) is 0 Å². The zero-order valence-corrected chi connectivity index (χ0v) is 11.7. The van der Waals surface area contributed by atoms with Crippen molar-refractivity contribution >= 4 is 0 Å². The molecule has 2 aliphatic carbocycles. The van der Waals surface area contributed by atoms with Crippen molar-refractivity contribution in [1.29, 1.82) is 0 Å². The second-order valence-electron chi connectivity index (χ2n) is 6.40. The molecule has 1 aromatic heterocycles. The minimum Gasteiger partial charge on any atom is -0.352 e. The Bertz CT molecular complexity index is 404. The number of nitrogens with zero attached hydrogens (tertiary/aromatic N) is 1. The van der Waals surface area contributed by atoms with Gasteiger partial charge in [0.1, 0.15) is 6.04 Å². The van der Waals surface area contributed by atoms with Gasteiger partial charge in [-0.25, -0.2) is 4.98 Å². The van der Waals surface area contributed by atoms with Crippen molar-refractivity contribution in [2.45, 2.75) is 56.9 Å². The van der Waals surface area contributed by atoms with Gasteiger partial charge in [-0.3, -0.25) is 0 Å². The third-order valence-corrected chi connectivity index (χ3v) is 4.75. The molecule has 0 radical (unpaired) electrons. The monoisotopic (exact) mass is 260 g/mol. The molecule has 3 rings (SSSR count). The van der Waals surface area contributed by atoms with Gasteiger partial charge in [-0.05, 0) is 24.3 Å². The van der Waals surface area contributed by atoms with Crippen LogP contribution in [0.2, 0.25) is 0 Å². The van der Waals surface area contributed by atoms with Crippen LogP contribution in [0.25, 0.3) is 0 Å². The fraction of sp³-hybridized carbons (Fsp3) is 0.688. The van der Waals surface area contributed by atoms with Gasteiger partial charge in [0.2, 0.25) is 0 Å². The van der Waals surface area contributed by atoms with E-state index in [1.807, 2.05) is 6.20 Å². The maximum absolute atomic E-state index is 4.31. The van der Waals surface area contributed by atoms with Gasteiger partial charge in [0, 0.05) is 24.2 Å². The van der Waals surface area contributed by atoms with Gasteiger partial charge < -0.3 is 10.7 Å². The largest absolute Gasteiger partial charge is 0.352 e. The molecular weight excluding hydrogens is 234 g/mol. The van der Waals surface area contributed by atoms with Crippen molar-refractivity contribution < 1.29 is 5.73 Å². The van der Waals surface area contributed by atoms with Crippen LogP contribution in [0.15, 0.2) is 24.7 Å². The van der Waals surface area contributed by atoms with Crippen LogP contribution in [0.1, 0.15) is 56.6 Å². The van der Waals surface area contributed by atoms with Gasteiger partial charge in [-0.2, -0.15) is 0 Å². The number of hydrogen-bond acceptors (Lipinski definition) is 1. The highest BCUT2D eigenvalue weighted by molar-refractivity contribution is 5.20. The summed E-state index contributed by atoms with van der Waals surface area (Å²) in [5.41, 5.74) is 5.61. The van der Waals surface area contributed by atoms with E-state index in [-0.39, 0.29) is 0 Å². The molecule has 2 fully saturated rings. The molecular formula is C16H26N3+. The molecule has 3 unspecified atom stereocenters. The minimum absolute atomic E-state index is 0.506. The Kier molecular flexibility index (Phi) is 4.02. The highest BCUT2D eigenvalue weighted by atomic mass is 14.9. The van der Waals surface area contributed by atoms with Gasteiger partial charge in [0.25, 0.3) is 0 Å². The second kappa shape index (κ2) is 5.91. The average Bonchev–Trinajstić information content (AvgIpc) is 3.00. The Morgan fingerprint density at radius 2 is 2.21 bits per heavy atom. The summed E-state index contributed by atoms with van der Waals surface area (Å²) in [4.78, 5) is 7.32. The SMILES string of the molecule is [NH3+]C(/C=C/C1CC1c1cnc[nH]1)CC1CCCCC1. The molecule has 3 nitrogen and oxygen atoms in total. The third kappa shape index (κ3) is 3.47. The zero-order chi connectivity index (χ0) is 13.1. The Labute approximate surface area is 115 Å². The summed E-state index contributed by atoms with van der Waals surface area (Å²) < 4.78 is 0. The Morgan fingerprint density at radius 1 is 1.37 bits per heavy atom. The minimum atomic E-state index is 0.506. The maximum atomic E-state index is 4.31. The molecule has 104 valence electrons. The number of imidazole rings is 1. The van der Waals surface area contributed by atoms with Crippen LogP contribution in [0.4, 0.5) is 0 Å². The lowest BCUT2D eigenvalue weighted by Gasteiger charge is -2.21. The van der Waals surface area contributed by atoms with Crippen LogP contribution in [0.3, 0.4) is 0 Å². The van der Waals surface area contributed by atoms with E-state index in [2.05, 4.69) is 27.9 Å². The summed E-state index contributed by atoms with van der Waals surface area (Å²) in [5.74, 6) is 2.33. The quantitative estimate of drug-likeness (QED) is 0.786. The molecule has 0 saturated heterocycles. The molecule has 2 saturated carbocycles. The number of quaternary nitrogens is 1. The molecule has 1 heterocycles. The Hall–Kier alpha value is -1.09. The van der Waals surface area contributed by atoms with Crippen LogP contribution in [-0.4, -0.2) is 16.0 Å². The van der Waals surface area contributed by atoms with Crippen molar-refractivity contribution in [1.82, 2.24) is 9.97 Å². The van der Waals surface area contributed by atoms with E-state index >= 15 is 0 Å². The number of allylic oxidation sites excluding steroid dienone is 1. The summed E-state index contributed by atoms with van der Waals surface area (Å²) in [6.45, 7) is 0. The van der Waals surface area contributed by atoms with Crippen molar-refractivity contribution in [2.24, 2.45) is 11.8 Å². The van der Waals surface area contributed by atoms with E-state index < -0.39 is 0 Å². The number of aromatic amines is 1. The first-order valence-corrected chi connectivity index (χ1v) is 7.82. The van der Waals surface area contributed by atoms with E-state index in [4.69, 9.17) is 0 Å². The van der Waals surface area contributed by atoms with Crippen molar-refractivity contribution in [3.05, 3.63) is 30.4 Å². The predicted octanol–water partition coefficient (Wildman–Crippen LogP) is 2.65. The summed E-state index contributed by atoms with van der Waals surface area (Å²) in [6.07, 6.45) is 18.2. The van der Waals surface area contributed by atoms with Crippen molar-refractivity contribution in [2.75, 3.05) is 0 Å². The Morgan fingerprint density at radius 3 is 2.95 bits per heavy atom. The molecule has 3 heteroatoms. The summed E-state index contributed by atoms with van der Waals surface area (Å²) in [5, 5.41) is 0. The highest BCUT2D eigenvalue weighted by Crippen LogP contribution is 2.47. The normalized spacial score (nSPS) is 29.7. The number of rotatable bonds is 5. The highest BCUT2D eigenvalue weighted by Gasteiger charge is 2.37. The van der Waals surface area contributed by atoms with Crippen LogP contribution >= 0.6 is 0 Å². The molecule has 2 aliphatic rings. The van der Waals surface area contributed by atoms with E-state index in [9.17, 15) is 0 Å². The third-order valence-electron chi connectivity index (χ3n) is 4.75. The molecule has 1 aromatic rings. The Balaban J connectivity index is 1.42. The number of aromatic nitrogens is 2. The fourth-order valence-electron chi connectivity index (χ4n) is 3.48. The molecule has 0 aromatic carbocycles. The molecule has 4 N–H and O–H groups in total. The first-order valence-electron chi connectivity index (χ1n) is 7.82. The lowest BCUT2D eigenvalue weighted by atomic mass is 9.85. The number of hydrogen-bond donors (Lipinski definition) is 2. The zero-order valence-electron chi connectivity index (χ0n) is 11.7. The van der Waals surface area contributed by atoms with E-state index in [0.717, 1.165) is 11.8 Å². The van der Waals surface area contributed by atoms with Crippen LogP contribution in [-0.2, 0) is 0 Å². The first-order chi connectivity index (χ1) is 9.33. The smallest absolute Gasteiger partial charge is 0.103 e. The molecule has 19 heavy (non-hydrogen) atoms. The topological polar surface area (TPSA) is 56.3 Å². The summed E-state index contributed by atoms with van der Waals surface area (Å²) in [6, 6.07) is 0.506.